The van der Waals surface area contributed by atoms with Crippen molar-refractivity contribution in [2.75, 3.05) is 20.2 Å². The molecular formula is C9H14ClNO. The SMILES string of the molecule is C[NH+](CCO)c1ccccc1.[Cl-]. The molecule has 0 aromatic heterocycles. The predicted octanol–water partition coefficient (Wildman–Crippen LogP) is -3.17. The van der Waals surface area contributed by atoms with E-state index in [4.69, 9.17) is 5.11 Å². The molecule has 2 nitrogen and oxygen atoms in total. The van der Waals surface area contributed by atoms with E-state index in [-0.39, 0.29) is 19.0 Å². The fraction of sp³-hybridized carbons (Fsp3) is 0.333. The summed E-state index contributed by atoms with van der Waals surface area (Å²) in [6.07, 6.45) is 0. The van der Waals surface area contributed by atoms with Crippen molar-refractivity contribution in [3.05, 3.63) is 30.3 Å². The van der Waals surface area contributed by atoms with Crippen LogP contribution in [0.15, 0.2) is 30.3 Å². The fourth-order valence-electron chi connectivity index (χ4n) is 1.03. The predicted molar refractivity (Wildman–Crippen MR) is 44.9 cm³/mol. The number of para-hydroxylation sites is 1. The highest BCUT2D eigenvalue weighted by molar-refractivity contribution is 5.27. The maximum absolute atomic E-state index is 8.68. The number of quaternary nitrogens is 1. The van der Waals surface area contributed by atoms with Crippen LogP contribution in [0.5, 0.6) is 0 Å². The highest BCUT2D eigenvalue weighted by atomic mass is 35.5. The number of aliphatic hydroxyl groups excluding tert-OH is 1. The summed E-state index contributed by atoms with van der Waals surface area (Å²) in [5.74, 6) is 0. The maximum atomic E-state index is 8.68. The zero-order valence-corrected chi connectivity index (χ0v) is 7.88. The van der Waals surface area contributed by atoms with Crippen molar-refractivity contribution in [2.45, 2.75) is 0 Å². The summed E-state index contributed by atoms with van der Waals surface area (Å²) in [6, 6.07) is 10.1. The van der Waals surface area contributed by atoms with Gasteiger partial charge in [0.05, 0.1) is 13.7 Å². The van der Waals surface area contributed by atoms with Crippen LogP contribution < -0.4 is 17.3 Å². The van der Waals surface area contributed by atoms with Gasteiger partial charge in [-0.1, -0.05) is 18.2 Å². The van der Waals surface area contributed by atoms with E-state index in [0.29, 0.717) is 0 Å². The summed E-state index contributed by atoms with van der Waals surface area (Å²) in [5, 5.41) is 8.68. The minimum Gasteiger partial charge on any atom is -1.00 e. The van der Waals surface area contributed by atoms with E-state index in [0.717, 1.165) is 6.54 Å². The second-order valence-corrected chi connectivity index (χ2v) is 2.62. The minimum absolute atomic E-state index is 0. The number of rotatable bonds is 3. The number of likely N-dealkylation sites (N-methyl/N-ethyl adjacent to an activating group) is 1. The lowest BCUT2D eigenvalue weighted by molar-refractivity contribution is -0.810. The molecule has 0 amide bonds. The number of benzene rings is 1. The Morgan fingerprint density at radius 3 is 2.33 bits per heavy atom. The number of hydrogen-bond acceptors (Lipinski definition) is 1. The van der Waals surface area contributed by atoms with Crippen molar-refractivity contribution in [2.24, 2.45) is 0 Å². The summed E-state index contributed by atoms with van der Waals surface area (Å²) in [6.45, 7) is 1.00. The van der Waals surface area contributed by atoms with Crippen molar-refractivity contribution >= 4 is 5.69 Å². The Balaban J connectivity index is 0.00000121. The summed E-state index contributed by atoms with van der Waals surface area (Å²) in [4.78, 5) is 1.24. The minimum atomic E-state index is 0. The molecular weight excluding hydrogens is 174 g/mol. The van der Waals surface area contributed by atoms with Crippen LogP contribution >= 0.6 is 0 Å². The summed E-state index contributed by atoms with van der Waals surface area (Å²) in [5.41, 5.74) is 1.22. The lowest BCUT2D eigenvalue weighted by Crippen LogP contribution is -3.04. The molecule has 68 valence electrons. The van der Waals surface area contributed by atoms with Crippen LogP contribution in [0.25, 0.3) is 0 Å². The zero-order chi connectivity index (χ0) is 8.10. The quantitative estimate of drug-likeness (QED) is 0.513. The Morgan fingerprint density at radius 2 is 1.83 bits per heavy atom. The molecule has 1 aromatic carbocycles. The Hall–Kier alpha value is -0.570. The average Bonchev–Trinajstić information content (AvgIpc) is 2.07. The molecule has 3 heteroatoms. The first kappa shape index (κ1) is 11.4. The van der Waals surface area contributed by atoms with Gasteiger partial charge in [-0.25, -0.2) is 0 Å². The van der Waals surface area contributed by atoms with E-state index in [1.807, 2.05) is 25.2 Å². The molecule has 0 bridgehead atoms. The number of nitrogens with one attached hydrogen (secondary N) is 1. The molecule has 0 heterocycles. The van der Waals surface area contributed by atoms with Crippen LogP contribution in [0.3, 0.4) is 0 Å². The monoisotopic (exact) mass is 187 g/mol. The molecule has 1 unspecified atom stereocenters. The summed E-state index contributed by atoms with van der Waals surface area (Å²) >= 11 is 0. The van der Waals surface area contributed by atoms with E-state index >= 15 is 0 Å². The Bertz CT molecular complexity index is 203. The lowest BCUT2D eigenvalue weighted by atomic mass is 10.3. The van der Waals surface area contributed by atoms with Crippen LogP contribution in [-0.2, 0) is 0 Å². The molecule has 0 aliphatic heterocycles. The van der Waals surface area contributed by atoms with E-state index in [9.17, 15) is 0 Å². The van der Waals surface area contributed by atoms with Gasteiger partial charge in [0.1, 0.15) is 12.2 Å². The summed E-state index contributed by atoms with van der Waals surface area (Å²) in [7, 11) is 2.05. The molecule has 0 spiro atoms. The third kappa shape index (κ3) is 3.22. The molecule has 2 N–H and O–H groups in total. The van der Waals surface area contributed by atoms with Crippen LogP contribution in [-0.4, -0.2) is 25.3 Å². The van der Waals surface area contributed by atoms with Gasteiger partial charge in [-0.3, -0.25) is 0 Å². The van der Waals surface area contributed by atoms with Gasteiger partial charge in [0.25, 0.3) is 0 Å². The molecule has 1 atom stereocenters. The first-order valence-electron chi connectivity index (χ1n) is 3.83. The zero-order valence-electron chi connectivity index (χ0n) is 7.13. The van der Waals surface area contributed by atoms with Gasteiger partial charge in [-0.15, -0.1) is 0 Å². The molecule has 0 aliphatic carbocycles. The molecule has 1 aromatic rings. The van der Waals surface area contributed by atoms with Crippen molar-refractivity contribution in [1.82, 2.24) is 0 Å². The third-order valence-electron chi connectivity index (χ3n) is 1.75. The highest BCUT2D eigenvalue weighted by Crippen LogP contribution is 1.96. The average molecular weight is 188 g/mol. The third-order valence-corrected chi connectivity index (χ3v) is 1.75. The van der Waals surface area contributed by atoms with Gasteiger partial charge in [0, 0.05) is 0 Å². The molecule has 0 saturated heterocycles. The van der Waals surface area contributed by atoms with Crippen molar-refractivity contribution in [1.29, 1.82) is 0 Å². The van der Waals surface area contributed by atoms with Gasteiger partial charge in [0.15, 0.2) is 0 Å². The fourth-order valence-corrected chi connectivity index (χ4v) is 1.03. The van der Waals surface area contributed by atoms with Gasteiger partial charge in [0.2, 0.25) is 0 Å². The largest absolute Gasteiger partial charge is 1.00 e. The van der Waals surface area contributed by atoms with Crippen LogP contribution in [0, 0.1) is 0 Å². The number of halogens is 1. The molecule has 0 aliphatic rings. The van der Waals surface area contributed by atoms with Gasteiger partial charge in [-0.2, -0.15) is 0 Å². The smallest absolute Gasteiger partial charge is 0.131 e. The number of aliphatic hydroxyl groups is 1. The lowest BCUT2D eigenvalue weighted by Gasteiger charge is -2.10. The number of hydrogen-bond donors (Lipinski definition) is 2. The standard InChI is InChI=1S/C9H13NO.ClH/c1-10(7-8-11)9-5-3-2-4-6-9;/h2-6,11H,7-8H2,1H3;1H. The summed E-state index contributed by atoms with van der Waals surface area (Å²) < 4.78 is 0. The van der Waals surface area contributed by atoms with Crippen molar-refractivity contribution in [3.63, 3.8) is 0 Å². The first-order valence-corrected chi connectivity index (χ1v) is 3.83. The second-order valence-electron chi connectivity index (χ2n) is 2.62. The van der Waals surface area contributed by atoms with E-state index in [1.54, 1.807) is 0 Å². The topological polar surface area (TPSA) is 24.7 Å². The highest BCUT2D eigenvalue weighted by Gasteiger charge is 2.01. The second kappa shape index (κ2) is 6.00. The molecule has 12 heavy (non-hydrogen) atoms. The molecule has 0 fully saturated rings. The van der Waals surface area contributed by atoms with Crippen molar-refractivity contribution < 1.29 is 22.4 Å². The molecule has 0 saturated carbocycles. The Morgan fingerprint density at radius 1 is 1.25 bits per heavy atom. The Kier molecular flexibility index (Phi) is 5.72. The maximum Gasteiger partial charge on any atom is 0.131 e. The van der Waals surface area contributed by atoms with Crippen LogP contribution in [0.1, 0.15) is 0 Å². The van der Waals surface area contributed by atoms with Crippen LogP contribution in [0.2, 0.25) is 0 Å². The molecule has 0 radical (unpaired) electrons. The van der Waals surface area contributed by atoms with Crippen molar-refractivity contribution in [3.8, 4) is 0 Å². The van der Waals surface area contributed by atoms with Crippen LogP contribution in [0.4, 0.5) is 5.69 Å². The Labute approximate surface area is 79.2 Å². The van der Waals surface area contributed by atoms with E-state index in [2.05, 4.69) is 12.1 Å². The first-order chi connectivity index (χ1) is 5.34. The van der Waals surface area contributed by atoms with Gasteiger partial charge < -0.3 is 22.4 Å². The van der Waals surface area contributed by atoms with Gasteiger partial charge in [-0.05, 0) is 12.1 Å². The van der Waals surface area contributed by atoms with Gasteiger partial charge >= 0.3 is 0 Å². The molecule has 1 rings (SSSR count). The normalized spacial score (nSPS) is 11.8. The van der Waals surface area contributed by atoms with E-state index in [1.165, 1.54) is 10.6 Å². The van der Waals surface area contributed by atoms with E-state index < -0.39 is 0 Å².